The van der Waals surface area contributed by atoms with E-state index in [0.29, 0.717) is 23.9 Å². The molecule has 0 N–H and O–H groups in total. The standard InChI is InChI=1S/C28H31ClN2O/c1-30(24-19-23(29)13-14-25(24)32-2)27-22-15-17-31(18-16-22)28(27)26(20-9-5-3-6-10-20)21-11-7-4-8-12-21/h3-14,19,22,26-28H,15-18H2,1-2H3/t27-,28-/m1/s1. The van der Waals surface area contributed by atoms with Gasteiger partial charge < -0.3 is 9.64 Å². The number of rotatable bonds is 6. The van der Waals surface area contributed by atoms with Crippen LogP contribution in [0.15, 0.2) is 78.9 Å². The highest BCUT2D eigenvalue weighted by molar-refractivity contribution is 6.30. The van der Waals surface area contributed by atoms with E-state index in [1.54, 1.807) is 7.11 Å². The number of methoxy groups -OCH3 is 1. The zero-order chi connectivity index (χ0) is 22.1. The third-order valence-electron chi connectivity index (χ3n) is 7.46. The molecule has 3 saturated heterocycles. The van der Waals surface area contributed by atoms with Crippen molar-refractivity contribution >= 4 is 17.3 Å². The summed E-state index contributed by atoms with van der Waals surface area (Å²) in [5.74, 6) is 1.83. The van der Waals surface area contributed by atoms with E-state index in [4.69, 9.17) is 16.3 Å². The summed E-state index contributed by atoms with van der Waals surface area (Å²) in [5.41, 5.74) is 3.84. The predicted molar refractivity (Wildman–Crippen MR) is 133 cm³/mol. The highest BCUT2D eigenvalue weighted by Crippen LogP contribution is 2.46. The van der Waals surface area contributed by atoms with Gasteiger partial charge in [-0.25, -0.2) is 0 Å². The minimum absolute atomic E-state index is 0.304. The third kappa shape index (κ3) is 3.89. The van der Waals surface area contributed by atoms with Crippen LogP contribution in [0.2, 0.25) is 5.02 Å². The molecule has 3 aromatic rings. The van der Waals surface area contributed by atoms with Crippen molar-refractivity contribution in [3.63, 3.8) is 0 Å². The van der Waals surface area contributed by atoms with Gasteiger partial charge in [-0.1, -0.05) is 72.3 Å². The Balaban J connectivity index is 1.62. The highest BCUT2D eigenvalue weighted by atomic mass is 35.5. The SMILES string of the molecule is COc1ccc(Cl)cc1N(C)[C@@H]1C2CCN(CC2)[C@@H]1C(c1ccccc1)c1ccccc1. The van der Waals surface area contributed by atoms with Gasteiger partial charge in [0.15, 0.2) is 0 Å². The summed E-state index contributed by atoms with van der Waals surface area (Å²) in [5, 5.41) is 0.744. The van der Waals surface area contributed by atoms with Gasteiger partial charge in [0.2, 0.25) is 0 Å². The molecule has 32 heavy (non-hydrogen) atoms. The Bertz CT molecular complexity index is 994. The van der Waals surface area contributed by atoms with Crippen LogP contribution in [0.25, 0.3) is 0 Å². The first-order valence-electron chi connectivity index (χ1n) is 11.6. The lowest BCUT2D eigenvalue weighted by Crippen LogP contribution is -2.65. The molecule has 2 bridgehead atoms. The van der Waals surface area contributed by atoms with Gasteiger partial charge in [0.1, 0.15) is 5.75 Å². The molecule has 0 unspecified atom stereocenters. The monoisotopic (exact) mass is 446 g/mol. The van der Waals surface area contributed by atoms with E-state index in [1.165, 1.54) is 37.1 Å². The van der Waals surface area contributed by atoms with Crippen LogP contribution in [0, 0.1) is 5.92 Å². The molecular weight excluding hydrogens is 416 g/mol. The molecule has 3 heterocycles. The van der Waals surface area contributed by atoms with Crippen molar-refractivity contribution in [2.45, 2.75) is 30.8 Å². The van der Waals surface area contributed by atoms with Crippen LogP contribution in [0.1, 0.15) is 29.9 Å². The van der Waals surface area contributed by atoms with Gasteiger partial charge >= 0.3 is 0 Å². The van der Waals surface area contributed by atoms with Crippen LogP contribution in [0.4, 0.5) is 5.69 Å². The van der Waals surface area contributed by atoms with Crippen molar-refractivity contribution in [1.29, 1.82) is 0 Å². The van der Waals surface area contributed by atoms with Gasteiger partial charge in [0.25, 0.3) is 0 Å². The van der Waals surface area contributed by atoms with Gasteiger partial charge in [0.05, 0.1) is 12.8 Å². The first kappa shape index (κ1) is 21.4. The van der Waals surface area contributed by atoms with Crippen LogP contribution < -0.4 is 9.64 Å². The summed E-state index contributed by atoms with van der Waals surface area (Å²) < 4.78 is 5.74. The van der Waals surface area contributed by atoms with E-state index < -0.39 is 0 Å². The summed E-state index contributed by atoms with van der Waals surface area (Å²) >= 11 is 6.43. The minimum atomic E-state index is 0.304. The smallest absolute Gasteiger partial charge is 0.142 e. The average Bonchev–Trinajstić information content (AvgIpc) is 2.86. The molecule has 3 aliphatic rings. The van der Waals surface area contributed by atoms with E-state index in [0.717, 1.165) is 16.5 Å². The predicted octanol–water partition coefficient (Wildman–Crippen LogP) is 6.08. The fraction of sp³-hybridized carbons (Fsp3) is 0.357. The molecule has 3 fully saturated rings. The molecule has 166 valence electrons. The summed E-state index contributed by atoms with van der Waals surface area (Å²) in [6.07, 6.45) is 2.48. The van der Waals surface area contributed by atoms with Crippen LogP contribution >= 0.6 is 11.6 Å². The lowest BCUT2D eigenvalue weighted by atomic mass is 9.70. The molecule has 3 nitrogen and oxygen atoms in total. The zero-order valence-electron chi connectivity index (χ0n) is 18.8. The normalized spacial score (nSPS) is 24.5. The number of fused-ring (bicyclic) bond motifs is 3. The maximum atomic E-state index is 6.43. The number of ether oxygens (including phenoxy) is 1. The van der Waals surface area contributed by atoms with Gasteiger partial charge in [-0.05, 0) is 61.2 Å². The molecule has 0 aromatic heterocycles. The number of nitrogens with zero attached hydrogens (tertiary/aromatic N) is 2. The Labute approximate surface area is 196 Å². The molecule has 0 aliphatic carbocycles. The number of halogens is 1. The second-order valence-corrected chi connectivity index (χ2v) is 9.52. The van der Waals surface area contributed by atoms with Crippen molar-refractivity contribution in [1.82, 2.24) is 4.90 Å². The Kier molecular flexibility index (Phi) is 6.12. The molecule has 0 saturated carbocycles. The number of benzene rings is 3. The average molecular weight is 447 g/mol. The van der Waals surface area contributed by atoms with Crippen LogP contribution in [-0.4, -0.2) is 44.2 Å². The number of likely N-dealkylation sites (N-methyl/N-ethyl adjacent to an activating group) is 1. The zero-order valence-corrected chi connectivity index (χ0v) is 19.6. The fourth-order valence-electron chi connectivity index (χ4n) is 6.01. The molecule has 0 radical (unpaired) electrons. The second-order valence-electron chi connectivity index (χ2n) is 9.08. The number of hydrogen-bond acceptors (Lipinski definition) is 3. The summed E-state index contributed by atoms with van der Waals surface area (Å²) in [6.45, 7) is 2.34. The largest absolute Gasteiger partial charge is 0.495 e. The third-order valence-corrected chi connectivity index (χ3v) is 7.69. The summed E-state index contributed by atoms with van der Waals surface area (Å²) in [4.78, 5) is 5.17. The lowest BCUT2D eigenvalue weighted by molar-refractivity contribution is 0.0185. The highest BCUT2D eigenvalue weighted by Gasteiger charge is 2.48. The van der Waals surface area contributed by atoms with Crippen molar-refractivity contribution in [2.24, 2.45) is 5.92 Å². The minimum Gasteiger partial charge on any atom is -0.495 e. The van der Waals surface area contributed by atoms with Gasteiger partial charge in [-0.3, -0.25) is 4.90 Å². The molecule has 6 rings (SSSR count). The molecule has 2 atom stereocenters. The van der Waals surface area contributed by atoms with E-state index in [9.17, 15) is 0 Å². The Morgan fingerprint density at radius 3 is 2.06 bits per heavy atom. The Morgan fingerprint density at radius 2 is 1.50 bits per heavy atom. The second kappa shape index (κ2) is 9.17. The lowest BCUT2D eigenvalue weighted by Gasteiger charge is -2.56. The molecule has 0 spiro atoms. The molecule has 0 amide bonds. The van der Waals surface area contributed by atoms with E-state index in [2.05, 4.69) is 83.6 Å². The van der Waals surface area contributed by atoms with E-state index in [-0.39, 0.29) is 0 Å². The summed E-state index contributed by atoms with van der Waals surface area (Å²) in [6, 6.07) is 28.7. The number of hydrogen-bond donors (Lipinski definition) is 0. The molecule has 3 aliphatic heterocycles. The topological polar surface area (TPSA) is 15.7 Å². The van der Waals surface area contributed by atoms with Gasteiger partial charge in [0, 0.05) is 30.1 Å². The molecular formula is C28H31ClN2O. The molecule has 4 heteroatoms. The van der Waals surface area contributed by atoms with Gasteiger partial charge in [-0.2, -0.15) is 0 Å². The Hall–Kier alpha value is -2.49. The first-order chi connectivity index (χ1) is 15.7. The molecule has 3 aromatic carbocycles. The number of piperidine rings is 3. The van der Waals surface area contributed by atoms with Crippen molar-refractivity contribution in [3.05, 3.63) is 95.0 Å². The van der Waals surface area contributed by atoms with Crippen LogP contribution in [-0.2, 0) is 0 Å². The van der Waals surface area contributed by atoms with E-state index >= 15 is 0 Å². The van der Waals surface area contributed by atoms with Crippen LogP contribution in [0.3, 0.4) is 0 Å². The van der Waals surface area contributed by atoms with Crippen molar-refractivity contribution in [2.75, 3.05) is 32.1 Å². The Morgan fingerprint density at radius 1 is 0.906 bits per heavy atom. The summed E-state index contributed by atoms with van der Waals surface area (Å²) in [7, 11) is 3.96. The maximum absolute atomic E-state index is 6.43. The van der Waals surface area contributed by atoms with E-state index in [1.807, 2.05) is 12.1 Å². The fourth-order valence-corrected chi connectivity index (χ4v) is 6.18. The number of anilines is 1. The first-order valence-corrected chi connectivity index (χ1v) is 12.0. The maximum Gasteiger partial charge on any atom is 0.142 e. The van der Waals surface area contributed by atoms with Gasteiger partial charge in [-0.15, -0.1) is 0 Å². The van der Waals surface area contributed by atoms with Crippen LogP contribution in [0.5, 0.6) is 5.75 Å². The van der Waals surface area contributed by atoms with Crippen molar-refractivity contribution in [3.8, 4) is 5.75 Å². The van der Waals surface area contributed by atoms with Crippen molar-refractivity contribution < 1.29 is 4.74 Å². The quantitative estimate of drug-likeness (QED) is 0.456.